The van der Waals surface area contributed by atoms with Crippen LogP contribution in [-0.2, 0) is 11.2 Å². The molecule has 10 heteroatoms. The molecule has 0 bridgehead atoms. The molecule has 7 nitrogen and oxygen atoms in total. The van der Waals surface area contributed by atoms with Gasteiger partial charge in [0.25, 0.3) is 0 Å². The number of amides is 1. The summed E-state index contributed by atoms with van der Waals surface area (Å²) in [6.45, 7) is -1.02. The maximum atomic E-state index is 13.1. The maximum Gasteiger partial charge on any atom is 0.320 e. The minimum atomic E-state index is -2.70. The van der Waals surface area contributed by atoms with E-state index >= 15 is 0 Å². The predicted octanol–water partition coefficient (Wildman–Crippen LogP) is 4.30. The quantitative estimate of drug-likeness (QED) is 0.586. The molecule has 1 amide bonds. The number of ether oxygens (including phenoxy) is 2. The third-order valence-electron chi connectivity index (χ3n) is 4.23. The fourth-order valence-electron chi connectivity index (χ4n) is 2.81. The Kier molecular flexibility index (Phi) is 6.42. The lowest BCUT2D eigenvalue weighted by Crippen LogP contribution is -2.12. The molecule has 154 valence electrons. The first kappa shape index (κ1) is 20.7. The first-order valence-corrected chi connectivity index (χ1v) is 9.54. The Balaban J connectivity index is 1.69. The van der Waals surface area contributed by atoms with Crippen molar-refractivity contribution in [2.45, 2.75) is 26.3 Å². The van der Waals surface area contributed by atoms with Crippen molar-refractivity contribution in [2.75, 3.05) is 19.5 Å². The monoisotopic (exact) mass is 422 g/mol. The van der Waals surface area contributed by atoms with E-state index in [0.29, 0.717) is 33.6 Å². The summed E-state index contributed by atoms with van der Waals surface area (Å²) in [5.41, 5.74) is 1.37. The number of alkyl halides is 2. The molecule has 0 aliphatic rings. The van der Waals surface area contributed by atoms with Gasteiger partial charge >= 0.3 is 6.55 Å². The summed E-state index contributed by atoms with van der Waals surface area (Å²) in [6, 6.07) is 5.39. The lowest BCUT2D eigenvalue weighted by atomic mass is 10.1. The summed E-state index contributed by atoms with van der Waals surface area (Å²) in [6.07, 6.45) is 3.15. The van der Waals surface area contributed by atoms with E-state index in [1.807, 2.05) is 6.07 Å². The number of rotatable bonds is 8. The number of methoxy groups -OCH3 is 2. The normalized spacial score (nSPS) is 11.0. The molecule has 0 radical (unpaired) electrons. The average Bonchev–Trinajstić information content (AvgIpc) is 3.32. The standard InChI is InChI=1S/C19H20F2N4O3S/c1-11-16(17-22-8-9-25(17)18(20)21)29-19(23-11)24-15(26)7-4-12-10-13(27-2)5-6-14(12)28-3/h5-6,8-10,18H,4,7H2,1-3H3,(H,23,24,26). The van der Waals surface area contributed by atoms with Crippen molar-refractivity contribution >= 4 is 22.4 Å². The molecule has 3 rings (SSSR count). The molecular weight excluding hydrogens is 402 g/mol. The van der Waals surface area contributed by atoms with Gasteiger partial charge in [-0.1, -0.05) is 11.3 Å². The van der Waals surface area contributed by atoms with E-state index in [-0.39, 0.29) is 18.2 Å². The number of halogens is 2. The Morgan fingerprint density at radius 2 is 2.10 bits per heavy atom. The number of thiazole rings is 1. The van der Waals surface area contributed by atoms with Crippen LogP contribution in [0.2, 0.25) is 0 Å². The molecule has 2 aromatic heterocycles. The first-order valence-electron chi connectivity index (χ1n) is 8.72. The number of nitrogens with one attached hydrogen (secondary N) is 1. The Bertz CT molecular complexity index is 1000. The van der Waals surface area contributed by atoms with Gasteiger partial charge in [-0.15, -0.1) is 0 Å². The van der Waals surface area contributed by atoms with Crippen molar-refractivity contribution in [2.24, 2.45) is 0 Å². The Labute approximate surface area is 170 Å². The van der Waals surface area contributed by atoms with E-state index in [2.05, 4.69) is 15.3 Å². The van der Waals surface area contributed by atoms with Crippen LogP contribution in [0.4, 0.5) is 13.9 Å². The topological polar surface area (TPSA) is 78.3 Å². The number of aromatic nitrogens is 3. The smallest absolute Gasteiger partial charge is 0.320 e. The summed E-state index contributed by atoms with van der Waals surface area (Å²) < 4.78 is 37.5. The molecular formula is C19H20F2N4O3S. The molecule has 0 unspecified atom stereocenters. The summed E-state index contributed by atoms with van der Waals surface area (Å²) >= 11 is 1.11. The second kappa shape index (κ2) is 8.99. The molecule has 0 atom stereocenters. The van der Waals surface area contributed by atoms with E-state index < -0.39 is 6.55 Å². The molecule has 0 aliphatic heterocycles. The number of imidazole rings is 1. The van der Waals surface area contributed by atoms with Gasteiger partial charge in [0.2, 0.25) is 5.91 Å². The lowest BCUT2D eigenvalue weighted by molar-refractivity contribution is -0.116. The molecule has 3 aromatic rings. The van der Waals surface area contributed by atoms with E-state index in [9.17, 15) is 13.6 Å². The van der Waals surface area contributed by atoms with Gasteiger partial charge in [-0.05, 0) is 37.1 Å². The number of hydrogen-bond donors (Lipinski definition) is 1. The number of hydrogen-bond acceptors (Lipinski definition) is 6. The molecule has 0 aliphatic carbocycles. The zero-order valence-corrected chi connectivity index (χ0v) is 16.9. The third-order valence-corrected chi connectivity index (χ3v) is 5.30. The van der Waals surface area contributed by atoms with Crippen LogP contribution in [0.15, 0.2) is 30.6 Å². The van der Waals surface area contributed by atoms with Gasteiger partial charge in [0.05, 0.1) is 24.8 Å². The van der Waals surface area contributed by atoms with Gasteiger partial charge in [0.15, 0.2) is 11.0 Å². The molecule has 1 aromatic carbocycles. The third kappa shape index (κ3) is 4.70. The van der Waals surface area contributed by atoms with Crippen molar-refractivity contribution in [3.8, 4) is 22.2 Å². The van der Waals surface area contributed by atoms with Crippen molar-refractivity contribution in [1.29, 1.82) is 0 Å². The van der Waals surface area contributed by atoms with Crippen LogP contribution >= 0.6 is 11.3 Å². The second-order valence-electron chi connectivity index (χ2n) is 6.10. The van der Waals surface area contributed by atoms with Gasteiger partial charge in [-0.3, -0.25) is 9.36 Å². The summed E-state index contributed by atoms with van der Waals surface area (Å²) in [5, 5.41) is 3.06. The van der Waals surface area contributed by atoms with E-state index in [4.69, 9.17) is 9.47 Å². The number of carbonyl (C=O) groups excluding carboxylic acids is 1. The summed E-state index contributed by atoms with van der Waals surface area (Å²) in [4.78, 5) is 21.1. The average molecular weight is 422 g/mol. The molecule has 1 N–H and O–H groups in total. The lowest BCUT2D eigenvalue weighted by Gasteiger charge is -2.10. The second-order valence-corrected chi connectivity index (χ2v) is 7.09. The van der Waals surface area contributed by atoms with Crippen LogP contribution in [0.25, 0.3) is 10.7 Å². The SMILES string of the molecule is COc1ccc(OC)c(CCC(=O)Nc2nc(C)c(-c3nccn3C(F)F)s2)c1. The molecule has 0 saturated carbocycles. The van der Waals surface area contributed by atoms with Crippen LogP contribution in [0.3, 0.4) is 0 Å². The minimum absolute atomic E-state index is 0.122. The zero-order chi connectivity index (χ0) is 21.0. The number of nitrogens with zero attached hydrogens (tertiary/aromatic N) is 3. The maximum absolute atomic E-state index is 13.1. The molecule has 0 saturated heterocycles. The van der Waals surface area contributed by atoms with Crippen LogP contribution < -0.4 is 14.8 Å². The number of benzene rings is 1. The van der Waals surface area contributed by atoms with E-state index in [1.165, 1.54) is 12.4 Å². The predicted molar refractivity (Wildman–Crippen MR) is 106 cm³/mol. The van der Waals surface area contributed by atoms with Crippen molar-refractivity contribution in [3.63, 3.8) is 0 Å². The fraction of sp³-hybridized carbons (Fsp3) is 0.316. The molecule has 0 fully saturated rings. The summed E-state index contributed by atoms with van der Waals surface area (Å²) in [5.74, 6) is 1.23. The van der Waals surface area contributed by atoms with Crippen molar-refractivity contribution in [1.82, 2.24) is 14.5 Å². The Morgan fingerprint density at radius 3 is 2.79 bits per heavy atom. The molecule has 29 heavy (non-hydrogen) atoms. The van der Waals surface area contributed by atoms with Crippen LogP contribution in [0, 0.1) is 6.92 Å². The number of aryl methyl sites for hydroxylation is 2. The minimum Gasteiger partial charge on any atom is -0.497 e. The van der Waals surface area contributed by atoms with Crippen LogP contribution in [-0.4, -0.2) is 34.7 Å². The van der Waals surface area contributed by atoms with E-state index in [0.717, 1.165) is 21.5 Å². The van der Waals surface area contributed by atoms with Crippen molar-refractivity contribution in [3.05, 3.63) is 41.9 Å². The first-order chi connectivity index (χ1) is 13.9. The largest absolute Gasteiger partial charge is 0.497 e. The fourth-order valence-corrected chi connectivity index (χ4v) is 3.79. The highest BCUT2D eigenvalue weighted by atomic mass is 32.1. The van der Waals surface area contributed by atoms with E-state index in [1.54, 1.807) is 33.3 Å². The highest BCUT2D eigenvalue weighted by molar-refractivity contribution is 7.19. The Morgan fingerprint density at radius 1 is 1.31 bits per heavy atom. The van der Waals surface area contributed by atoms with Gasteiger partial charge in [0.1, 0.15) is 11.5 Å². The zero-order valence-electron chi connectivity index (χ0n) is 16.1. The Hall–Kier alpha value is -3.01. The van der Waals surface area contributed by atoms with Gasteiger partial charge in [-0.2, -0.15) is 8.78 Å². The van der Waals surface area contributed by atoms with Gasteiger partial charge in [0, 0.05) is 18.8 Å². The van der Waals surface area contributed by atoms with Gasteiger partial charge < -0.3 is 14.8 Å². The highest BCUT2D eigenvalue weighted by Gasteiger charge is 2.19. The summed E-state index contributed by atoms with van der Waals surface area (Å²) in [7, 11) is 3.13. The number of anilines is 1. The highest BCUT2D eigenvalue weighted by Crippen LogP contribution is 2.33. The number of carbonyl (C=O) groups is 1. The molecule has 0 spiro atoms. The van der Waals surface area contributed by atoms with Crippen LogP contribution in [0.5, 0.6) is 11.5 Å². The van der Waals surface area contributed by atoms with Gasteiger partial charge in [-0.25, -0.2) is 9.97 Å². The van der Waals surface area contributed by atoms with Crippen molar-refractivity contribution < 1.29 is 23.0 Å². The van der Waals surface area contributed by atoms with Crippen LogP contribution in [0.1, 0.15) is 24.2 Å². The molecule has 2 heterocycles.